The molecule has 2 amide bonds. The Morgan fingerprint density at radius 1 is 0.889 bits per heavy atom. The number of hydrogen-bond donors (Lipinski definition) is 4. The summed E-state index contributed by atoms with van der Waals surface area (Å²) in [6.45, 7) is 3.30. The van der Waals surface area contributed by atoms with E-state index in [1.165, 1.54) is 30.3 Å². The standard InChI is InChI=1S/C25H18FN3O6S/c1-11-7-17(12(2)29(11)15-9-13(23(32)33)8-14(10-15)24(34)35)19(16-5-3-4-6-18(16)26)20-21(30)27-25(36)28-22(20)31/h3-10H,1-2H3,(H,32,33)(H,34,35)(H2,27,28,30,31,36). The summed E-state index contributed by atoms with van der Waals surface area (Å²) in [6, 6.07) is 10.9. The molecule has 3 aromatic rings. The van der Waals surface area contributed by atoms with Crippen molar-refractivity contribution in [1.29, 1.82) is 0 Å². The largest absolute Gasteiger partial charge is 0.478 e. The van der Waals surface area contributed by atoms with E-state index in [0.717, 1.165) is 6.07 Å². The van der Waals surface area contributed by atoms with Gasteiger partial charge in [0.1, 0.15) is 11.4 Å². The van der Waals surface area contributed by atoms with Crippen molar-refractivity contribution < 1.29 is 33.8 Å². The van der Waals surface area contributed by atoms with Crippen LogP contribution in [0.2, 0.25) is 0 Å². The monoisotopic (exact) mass is 507 g/mol. The molecule has 36 heavy (non-hydrogen) atoms. The lowest BCUT2D eigenvalue weighted by Crippen LogP contribution is -2.51. The van der Waals surface area contributed by atoms with E-state index >= 15 is 0 Å². The van der Waals surface area contributed by atoms with Crippen molar-refractivity contribution in [2.75, 3.05) is 0 Å². The van der Waals surface area contributed by atoms with Gasteiger partial charge in [0.25, 0.3) is 11.8 Å². The van der Waals surface area contributed by atoms with E-state index in [4.69, 9.17) is 12.2 Å². The number of nitrogens with one attached hydrogen (secondary N) is 2. The molecule has 4 rings (SSSR count). The zero-order valence-electron chi connectivity index (χ0n) is 18.9. The van der Waals surface area contributed by atoms with Crippen molar-refractivity contribution in [1.82, 2.24) is 15.2 Å². The number of amides is 2. The molecule has 2 aromatic carbocycles. The fourth-order valence-corrected chi connectivity index (χ4v) is 4.36. The molecule has 0 bridgehead atoms. The SMILES string of the molecule is Cc1cc(C(=C2C(=O)NC(=S)NC2=O)c2ccccc2F)c(C)n1-c1cc(C(=O)O)cc(C(=O)O)c1. The second-order valence-corrected chi connectivity index (χ2v) is 8.37. The molecule has 0 saturated carbocycles. The molecule has 1 aliphatic rings. The third-order valence-corrected chi connectivity index (χ3v) is 5.88. The number of carbonyl (C=O) groups excluding carboxylic acids is 2. The zero-order valence-corrected chi connectivity index (χ0v) is 19.7. The van der Waals surface area contributed by atoms with Crippen LogP contribution in [0.5, 0.6) is 0 Å². The predicted molar refractivity (Wildman–Crippen MR) is 130 cm³/mol. The first-order chi connectivity index (χ1) is 17.0. The number of thiocarbonyl (C=S) groups is 1. The maximum atomic E-state index is 15.0. The number of halogens is 1. The Morgan fingerprint density at radius 2 is 1.44 bits per heavy atom. The lowest BCUT2D eigenvalue weighted by Gasteiger charge is -2.21. The first-order valence-electron chi connectivity index (χ1n) is 10.5. The van der Waals surface area contributed by atoms with Crippen molar-refractivity contribution in [3.8, 4) is 5.69 Å². The summed E-state index contributed by atoms with van der Waals surface area (Å²) in [5.41, 5.74) is 0.591. The number of hydrogen-bond acceptors (Lipinski definition) is 5. The average Bonchev–Trinajstić information content (AvgIpc) is 3.09. The zero-order chi connectivity index (χ0) is 26.3. The molecule has 0 unspecified atom stereocenters. The summed E-state index contributed by atoms with van der Waals surface area (Å²) >= 11 is 4.88. The van der Waals surface area contributed by atoms with Gasteiger partial charge in [-0.1, -0.05) is 18.2 Å². The van der Waals surface area contributed by atoms with Gasteiger partial charge in [-0.2, -0.15) is 0 Å². The molecule has 2 heterocycles. The summed E-state index contributed by atoms with van der Waals surface area (Å²) in [4.78, 5) is 48.9. The van der Waals surface area contributed by atoms with E-state index in [9.17, 15) is 33.8 Å². The van der Waals surface area contributed by atoms with Gasteiger partial charge < -0.3 is 14.8 Å². The maximum Gasteiger partial charge on any atom is 0.335 e. The number of rotatable bonds is 5. The highest BCUT2D eigenvalue weighted by Gasteiger charge is 2.33. The van der Waals surface area contributed by atoms with Gasteiger partial charge in [-0.05, 0) is 56.4 Å². The topological polar surface area (TPSA) is 138 Å². The van der Waals surface area contributed by atoms with Crippen LogP contribution in [0.15, 0.2) is 54.1 Å². The Hall–Kier alpha value is -4.64. The van der Waals surface area contributed by atoms with Gasteiger partial charge in [-0.3, -0.25) is 20.2 Å². The van der Waals surface area contributed by atoms with Crippen molar-refractivity contribution >= 4 is 46.7 Å². The molecular weight excluding hydrogens is 489 g/mol. The van der Waals surface area contributed by atoms with Gasteiger partial charge in [-0.15, -0.1) is 0 Å². The van der Waals surface area contributed by atoms with Gasteiger partial charge in [0.05, 0.1) is 11.1 Å². The minimum absolute atomic E-state index is 0.00204. The van der Waals surface area contributed by atoms with Crippen LogP contribution in [0, 0.1) is 19.7 Å². The summed E-state index contributed by atoms with van der Waals surface area (Å²) < 4.78 is 16.6. The van der Waals surface area contributed by atoms with E-state index in [1.807, 2.05) is 0 Å². The number of carboxylic acids is 2. The Morgan fingerprint density at radius 3 is 1.97 bits per heavy atom. The number of benzene rings is 2. The molecule has 0 radical (unpaired) electrons. The van der Waals surface area contributed by atoms with Crippen LogP contribution in [0.3, 0.4) is 0 Å². The van der Waals surface area contributed by atoms with Crippen LogP contribution in [0.25, 0.3) is 11.3 Å². The van der Waals surface area contributed by atoms with E-state index in [-0.39, 0.29) is 38.6 Å². The highest BCUT2D eigenvalue weighted by atomic mass is 32.1. The third-order valence-electron chi connectivity index (χ3n) is 5.67. The molecule has 0 aliphatic carbocycles. The first kappa shape index (κ1) is 24.5. The predicted octanol–water partition coefficient (Wildman–Crippen LogP) is 2.96. The number of aromatic carboxylic acids is 2. The minimum atomic E-state index is -1.32. The van der Waals surface area contributed by atoms with Crippen LogP contribution in [0.1, 0.15) is 43.2 Å². The summed E-state index contributed by atoms with van der Waals surface area (Å²) in [6.07, 6.45) is 0. The van der Waals surface area contributed by atoms with Gasteiger partial charge in [0.2, 0.25) is 0 Å². The third kappa shape index (κ3) is 4.27. The Labute approximate surface area is 208 Å². The van der Waals surface area contributed by atoms with Gasteiger partial charge in [0, 0.05) is 33.8 Å². The summed E-state index contributed by atoms with van der Waals surface area (Å²) in [5.74, 6) is -4.94. The summed E-state index contributed by atoms with van der Waals surface area (Å²) in [5, 5.41) is 23.5. The molecule has 0 spiro atoms. The fourth-order valence-electron chi connectivity index (χ4n) is 4.17. The average molecular weight is 507 g/mol. The minimum Gasteiger partial charge on any atom is -0.478 e. The van der Waals surface area contributed by atoms with E-state index in [2.05, 4.69) is 10.6 Å². The van der Waals surface area contributed by atoms with Gasteiger partial charge >= 0.3 is 11.9 Å². The molecule has 1 saturated heterocycles. The number of carboxylic acid groups (broad SMARTS) is 2. The molecule has 1 aromatic heterocycles. The van der Waals surface area contributed by atoms with E-state index in [1.54, 1.807) is 30.5 Å². The van der Waals surface area contributed by atoms with E-state index < -0.39 is 29.6 Å². The lowest BCUT2D eigenvalue weighted by molar-refractivity contribution is -0.123. The molecule has 1 aliphatic heterocycles. The highest BCUT2D eigenvalue weighted by Crippen LogP contribution is 2.35. The molecule has 1 fully saturated rings. The highest BCUT2D eigenvalue weighted by molar-refractivity contribution is 7.80. The van der Waals surface area contributed by atoms with Crippen molar-refractivity contribution in [3.63, 3.8) is 0 Å². The Bertz CT molecular complexity index is 1480. The van der Waals surface area contributed by atoms with Crippen LogP contribution in [-0.2, 0) is 9.59 Å². The molecule has 4 N–H and O–H groups in total. The lowest BCUT2D eigenvalue weighted by atomic mass is 9.91. The quantitative estimate of drug-likeness (QED) is 0.237. The maximum absolute atomic E-state index is 15.0. The fraction of sp³-hybridized carbons (Fsp3) is 0.0800. The second-order valence-electron chi connectivity index (χ2n) is 7.97. The summed E-state index contributed by atoms with van der Waals surface area (Å²) in [7, 11) is 0. The van der Waals surface area contributed by atoms with Crippen molar-refractivity contribution in [2.24, 2.45) is 0 Å². The van der Waals surface area contributed by atoms with Crippen molar-refractivity contribution in [3.05, 3.63) is 93.6 Å². The normalized spacial score (nSPS) is 13.3. The molecule has 182 valence electrons. The number of aryl methyl sites for hydroxylation is 1. The molecule has 9 nitrogen and oxygen atoms in total. The van der Waals surface area contributed by atoms with Crippen LogP contribution in [-0.4, -0.2) is 43.6 Å². The van der Waals surface area contributed by atoms with Crippen LogP contribution in [0.4, 0.5) is 4.39 Å². The Balaban J connectivity index is 2.04. The number of aromatic nitrogens is 1. The van der Waals surface area contributed by atoms with Gasteiger partial charge in [-0.25, -0.2) is 14.0 Å². The van der Waals surface area contributed by atoms with Crippen LogP contribution >= 0.6 is 12.2 Å². The smallest absolute Gasteiger partial charge is 0.335 e. The molecular formula is C25H18FN3O6S. The first-order valence-corrected chi connectivity index (χ1v) is 10.9. The molecule has 0 atom stereocenters. The molecule has 11 heteroatoms. The number of nitrogens with zero attached hydrogens (tertiary/aromatic N) is 1. The number of carbonyl (C=O) groups is 4. The van der Waals surface area contributed by atoms with Crippen LogP contribution < -0.4 is 10.6 Å². The van der Waals surface area contributed by atoms with Crippen molar-refractivity contribution in [2.45, 2.75) is 13.8 Å². The van der Waals surface area contributed by atoms with Gasteiger partial charge in [0.15, 0.2) is 5.11 Å². The van der Waals surface area contributed by atoms with E-state index in [0.29, 0.717) is 17.0 Å². The Kier molecular flexibility index (Phi) is 6.25. The second kappa shape index (κ2) is 9.19.